The zero-order valence-electron chi connectivity index (χ0n) is 9.89. The summed E-state index contributed by atoms with van der Waals surface area (Å²) in [7, 11) is 0. The van der Waals surface area contributed by atoms with Crippen molar-refractivity contribution >= 4 is 33.5 Å². The fraction of sp³-hybridized carbons (Fsp3) is 0.385. The van der Waals surface area contributed by atoms with Crippen LogP contribution in [0.4, 0.5) is 13.2 Å². The van der Waals surface area contributed by atoms with Gasteiger partial charge in [0.05, 0.1) is 3.57 Å². The maximum atomic E-state index is 13.1. The predicted octanol–water partition coefficient (Wildman–Crippen LogP) is 5.06. The van der Waals surface area contributed by atoms with Gasteiger partial charge in [-0.25, -0.2) is 0 Å². The van der Waals surface area contributed by atoms with Crippen molar-refractivity contribution in [2.75, 3.05) is 0 Å². The molecule has 1 aromatic carbocycles. The van der Waals surface area contributed by atoms with E-state index in [4.69, 9.17) is 0 Å². The highest BCUT2D eigenvalue weighted by atomic mass is 127. The van der Waals surface area contributed by atoms with Crippen molar-refractivity contribution in [2.24, 2.45) is 0 Å². The Hall–Kier alpha value is -0.720. The number of alkyl halides is 3. The van der Waals surface area contributed by atoms with Gasteiger partial charge >= 0.3 is 6.18 Å². The van der Waals surface area contributed by atoms with E-state index in [1.807, 2.05) is 6.92 Å². The Morgan fingerprint density at radius 1 is 1.22 bits per heavy atom. The molecule has 0 bridgehead atoms. The molecule has 0 saturated heterocycles. The minimum atomic E-state index is -4.30. The van der Waals surface area contributed by atoms with E-state index in [1.54, 1.807) is 46.9 Å². The highest BCUT2D eigenvalue weighted by molar-refractivity contribution is 14.1. The predicted molar refractivity (Wildman–Crippen MR) is 74.6 cm³/mol. The van der Waals surface area contributed by atoms with Crippen LogP contribution in [0.2, 0.25) is 0 Å². The topological polar surface area (TPSA) is 4.93 Å². The Bertz CT molecular complexity index is 557. The molecule has 0 unspecified atom stereocenters. The fourth-order valence-corrected chi connectivity index (χ4v) is 3.14. The smallest absolute Gasteiger partial charge is 0.336 e. The Labute approximate surface area is 117 Å². The van der Waals surface area contributed by atoms with Crippen molar-refractivity contribution in [3.8, 4) is 0 Å². The van der Waals surface area contributed by atoms with Crippen LogP contribution in [-0.4, -0.2) is 4.57 Å². The fourth-order valence-electron chi connectivity index (χ4n) is 2.09. The number of benzene rings is 1. The summed E-state index contributed by atoms with van der Waals surface area (Å²) in [5, 5.41) is 0.682. The molecule has 0 aliphatic rings. The Kier molecular flexibility index (Phi) is 3.89. The molecule has 0 amide bonds. The molecule has 0 fully saturated rings. The van der Waals surface area contributed by atoms with E-state index >= 15 is 0 Å². The summed E-state index contributed by atoms with van der Waals surface area (Å²) in [5.74, 6) is 0. The normalized spacial score (nSPS) is 12.3. The molecule has 0 atom stereocenters. The third-order valence-corrected chi connectivity index (χ3v) is 4.00. The Morgan fingerprint density at radius 3 is 2.50 bits per heavy atom. The second-order valence-electron chi connectivity index (χ2n) is 4.18. The molecule has 1 nitrogen and oxygen atoms in total. The van der Waals surface area contributed by atoms with Crippen LogP contribution < -0.4 is 0 Å². The van der Waals surface area contributed by atoms with E-state index in [2.05, 4.69) is 0 Å². The summed E-state index contributed by atoms with van der Waals surface area (Å²) < 4.78 is 41.1. The van der Waals surface area contributed by atoms with Crippen molar-refractivity contribution in [3.05, 3.63) is 33.5 Å². The number of nitrogens with zero attached hydrogens (tertiary/aromatic N) is 1. The van der Waals surface area contributed by atoms with Gasteiger partial charge in [0, 0.05) is 17.4 Å². The van der Waals surface area contributed by atoms with Gasteiger partial charge in [-0.2, -0.15) is 13.2 Å². The maximum Gasteiger partial charge on any atom is 0.432 e. The molecular formula is C13H13F3IN. The number of halogens is 4. The molecule has 0 spiro atoms. The Morgan fingerprint density at radius 2 is 1.89 bits per heavy atom. The molecule has 0 aliphatic heterocycles. The van der Waals surface area contributed by atoms with Crippen molar-refractivity contribution < 1.29 is 13.2 Å². The Balaban J connectivity index is 2.69. The SMILES string of the molecule is CCCCn1c(C(F)(F)F)c(I)c2ccccc21. The first kappa shape index (κ1) is 13.7. The number of para-hydroxylation sites is 1. The van der Waals surface area contributed by atoms with Gasteiger partial charge in [0.2, 0.25) is 0 Å². The molecule has 1 aromatic heterocycles. The molecule has 0 radical (unpaired) electrons. The summed E-state index contributed by atoms with van der Waals surface area (Å²) in [4.78, 5) is 0. The zero-order valence-corrected chi connectivity index (χ0v) is 12.0. The molecular weight excluding hydrogens is 354 g/mol. The number of aromatic nitrogens is 1. The van der Waals surface area contributed by atoms with Crippen LogP contribution in [0.1, 0.15) is 25.5 Å². The van der Waals surface area contributed by atoms with E-state index in [0.29, 0.717) is 21.0 Å². The molecule has 98 valence electrons. The summed E-state index contributed by atoms with van der Waals surface area (Å²) in [6.45, 7) is 2.39. The van der Waals surface area contributed by atoms with Crippen LogP contribution in [0.5, 0.6) is 0 Å². The van der Waals surface area contributed by atoms with Gasteiger partial charge in [-0.1, -0.05) is 31.5 Å². The van der Waals surface area contributed by atoms with Crippen LogP contribution in [0.25, 0.3) is 10.9 Å². The zero-order chi connectivity index (χ0) is 13.3. The van der Waals surface area contributed by atoms with Gasteiger partial charge in [0.25, 0.3) is 0 Å². The lowest BCUT2D eigenvalue weighted by Crippen LogP contribution is -2.15. The van der Waals surface area contributed by atoms with Gasteiger partial charge in [-0.15, -0.1) is 0 Å². The molecule has 5 heteroatoms. The number of unbranched alkanes of at least 4 members (excludes halogenated alkanes) is 1. The largest absolute Gasteiger partial charge is 0.432 e. The lowest BCUT2D eigenvalue weighted by Gasteiger charge is -2.13. The van der Waals surface area contributed by atoms with Gasteiger partial charge in [-0.3, -0.25) is 0 Å². The quantitative estimate of drug-likeness (QED) is 0.668. The second-order valence-corrected chi connectivity index (χ2v) is 5.26. The first-order valence-electron chi connectivity index (χ1n) is 5.80. The monoisotopic (exact) mass is 367 g/mol. The van der Waals surface area contributed by atoms with E-state index in [0.717, 1.165) is 12.8 Å². The van der Waals surface area contributed by atoms with E-state index in [1.165, 1.54) is 4.57 Å². The van der Waals surface area contributed by atoms with Crippen LogP contribution in [-0.2, 0) is 12.7 Å². The lowest BCUT2D eigenvalue weighted by molar-refractivity contribution is -0.144. The first-order chi connectivity index (χ1) is 8.46. The standard InChI is InChI=1S/C13H13F3IN/c1-2-3-8-18-10-7-5-4-6-9(10)11(17)12(18)13(14,15)16/h4-7H,2-3,8H2,1H3. The number of fused-ring (bicyclic) bond motifs is 1. The van der Waals surface area contributed by atoms with Crippen molar-refractivity contribution in [1.82, 2.24) is 4.57 Å². The highest BCUT2D eigenvalue weighted by Crippen LogP contribution is 2.38. The van der Waals surface area contributed by atoms with Gasteiger partial charge in [-0.05, 0) is 35.1 Å². The van der Waals surface area contributed by atoms with Crippen molar-refractivity contribution in [1.29, 1.82) is 0 Å². The van der Waals surface area contributed by atoms with Crippen LogP contribution in [0.15, 0.2) is 24.3 Å². The molecule has 2 rings (SSSR count). The van der Waals surface area contributed by atoms with Crippen LogP contribution in [0, 0.1) is 3.57 Å². The van der Waals surface area contributed by atoms with Crippen molar-refractivity contribution in [2.45, 2.75) is 32.5 Å². The molecule has 18 heavy (non-hydrogen) atoms. The first-order valence-corrected chi connectivity index (χ1v) is 6.88. The highest BCUT2D eigenvalue weighted by Gasteiger charge is 2.38. The van der Waals surface area contributed by atoms with Crippen molar-refractivity contribution in [3.63, 3.8) is 0 Å². The average Bonchev–Trinajstić information content (AvgIpc) is 2.60. The second kappa shape index (κ2) is 5.11. The number of hydrogen-bond donors (Lipinski definition) is 0. The molecule has 0 aliphatic carbocycles. The minimum absolute atomic E-state index is 0.298. The summed E-state index contributed by atoms with van der Waals surface area (Å²) in [6, 6.07) is 7.05. The minimum Gasteiger partial charge on any atom is -0.336 e. The lowest BCUT2D eigenvalue weighted by atomic mass is 10.2. The van der Waals surface area contributed by atoms with E-state index < -0.39 is 11.9 Å². The third-order valence-electron chi connectivity index (χ3n) is 2.91. The van der Waals surface area contributed by atoms with E-state index in [9.17, 15) is 13.2 Å². The number of hydrogen-bond acceptors (Lipinski definition) is 0. The van der Waals surface area contributed by atoms with E-state index in [-0.39, 0.29) is 0 Å². The molecule has 0 N–H and O–H groups in total. The van der Waals surface area contributed by atoms with Gasteiger partial charge in [0.15, 0.2) is 0 Å². The molecule has 0 saturated carbocycles. The molecule has 1 heterocycles. The molecule has 2 aromatic rings. The van der Waals surface area contributed by atoms with Crippen LogP contribution in [0.3, 0.4) is 0 Å². The van der Waals surface area contributed by atoms with Crippen LogP contribution >= 0.6 is 22.6 Å². The maximum absolute atomic E-state index is 13.1. The van der Waals surface area contributed by atoms with Gasteiger partial charge < -0.3 is 4.57 Å². The summed E-state index contributed by atoms with van der Waals surface area (Å²) >= 11 is 1.80. The summed E-state index contributed by atoms with van der Waals surface area (Å²) in [6.07, 6.45) is -2.68. The number of rotatable bonds is 3. The van der Waals surface area contributed by atoms with Gasteiger partial charge in [0.1, 0.15) is 5.69 Å². The average molecular weight is 367 g/mol. The number of aryl methyl sites for hydroxylation is 1. The third kappa shape index (κ3) is 2.37. The summed E-state index contributed by atoms with van der Waals surface area (Å²) in [5.41, 5.74) is 0.153.